The smallest absolute Gasteiger partial charge is 0.326 e. The zero-order valence-corrected chi connectivity index (χ0v) is 35.3. The molecule has 8 atom stereocenters. The number of likely N-dealkylation sites (tertiary alicyclic amines) is 1. The molecular formula is C41H56N8O12S. The predicted octanol–water partition coefficient (Wildman–Crippen LogP) is -1.28. The van der Waals surface area contributed by atoms with Crippen molar-refractivity contribution in [2.24, 2.45) is 17.4 Å². The third-order valence-electron chi connectivity index (χ3n) is 10.4. The highest BCUT2D eigenvalue weighted by Gasteiger charge is 2.41. The minimum absolute atomic E-state index is 0.00731. The van der Waals surface area contributed by atoms with E-state index in [0.717, 1.165) is 0 Å². The zero-order valence-electron chi connectivity index (χ0n) is 34.5. The second kappa shape index (κ2) is 24.3. The first kappa shape index (κ1) is 50.1. The minimum atomic E-state index is -1.60. The molecule has 0 aliphatic carbocycles. The Bertz CT molecular complexity index is 1920. The number of rotatable bonds is 24. The number of phenolic OH excluding ortho intramolecular Hbond substituents is 1. The summed E-state index contributed by atoms with van der Waals surface area (Å²) in [6.45, 7) is 3.67. The Morgan fingerprint density at radius 1 is 0.774 bits per heavy atom. The van der Waals surface area contributed by atoms with Gasteiger partial charge in [0.1, 0.15) is 42.0 Å². The van der Waals surface area contributed by atoms with Gasteiger partial charge in [-0.1, -0.05) is 62.7 Å². The quantitative estimate of drug-likeness (QED) is 0.0548. The van der Waals surface area contributed by atoms with Gasteiger partial charge < -0.3 is 58.3 Å². The molecule has 2 aromatic carbocycles. The number of carbonyl (C=O) groups excluding carboxylic acids is 7. The maximum atomic E-state index is 14.3. The summed E-state index contributed by atoms with van der Waals surface area (Å²) in [5.41, 5.74) is 12.2. The van der Waals surface area contributed by atoms with Crippen LogP contribution in [0.5, 0.6) is 5.75 Å². The molecule has 1 aliphatic heterocycles. The highest BCUT2D eigenvalue weighted by Crippen LogP contribution is 2.22. The van der Waals surface area contributed by atoms with Crippen LogP contribution in [0.25, 0.3) is 0 Å². The molecule has 1 heterocycles. The average Bonchev–Trinajstić information content (AvgIpc) is 3.73. The number of nitrogens with zero attached hydrogens (tertiary/aromatic N) is 1. The van der Waals surface area contributed by atoms with Crippen molar-refractivity contribution in [3.8, 4) is 5.75 Å². The normalized spacial score (nSPS) is 16.8. The number of hydrogen-bond donors (Lipinski definition) is 11. The number of primary amides is 1. The summed E-state index contributed by atoms with van der Waals surface area (Å²) in [7, 11) is 0. The lowest BCUT2D eigenvalue weighted by Gasteiger charge is -2.33. The van der Waals surface area contributed by atoms with Crippen molar-refractivity contribution in [2.75, 3.05) is 12.3 Å². The molecule has 0 radical (unpaired) electrons. The van der Waals surface area contributed by atoms with Crippen LogP contribution >= 0.6 is 12.6 Å². The molecule has 21 heteroatoms. The van der Waals surface area contributed by atoms with Gasteiger partial charge in [-0.2, -0.15) is 12.6 Å². The van der Waals surface area contributed by atoms with Gasteiger partial charge in [-0.25, -0.2) is 4.79 Å². The monoisotopic (exact) mass is 884 g/mol. The molecule has 0 spiro atoms. The number of thiol groups is 1. The lowest BCUT2D eigenvalue weighted by Crippen LogP contribution is -2.61. The number of amides is 7. The van der Waals surface area contributed by atoms with Crippen molar-refractivity contribution in [1.29, 1.82) is 0 Å². The summed E-state index contributed by atoms with van der Waals surface area (Å²) in [6.07, 6.45) is -0.638. The van der Waals surface area contributed by atoms with Gasteiger partial charge in [0, 0.05) is 31.6 Å². The van der Waals surface area contributed by atoms with Crippen LogP contribution in [-0.4, -0.2) is 128 Å². The fourth-order valence-electron chi connectivity index (χ4n) is 6.67. The fourth-order valence-corrected chi connectivity index (χ4v) is 6.93. The molecule has 12 N–H and O–H groups in total. The van der Waals surface area contributed by atoms with Gasteiger partial charge in [-0.05, 0) is 48.4 Å². The van der Waals surface area contributed by atoms with Crippen LogP contribution in [0.2, 0.25) is 0 Å². The van der Waals surface area contributed by atoms with Gasteiger partial charge in [0.2, 0.25) is 41.4 Å². The molecule has 0 saturated carbocycles. The fraction of sp³-hybridized carbons (Fsp3) is 0.488. The van der Waals surface area contributed by atoms with E-state index in [9.17, 15) is 53.4 Å². The van der Waals surface area contributed by atoms with Gasteiger partial charge in [0.15, 0.2) is 0 Å². The van der Waals surface area contributed by atoms with Crippen LogP contribution in [0.3, 0.4) is 0 Å². The minimum Gasteiger partial charge on any atom is -0.508 e. The third-order valence-corrected chi connectivity index (χ3v) is 10.7. The number of nitrogens with one attached hydrogen (secondary N) is 5. The first-order chi connectivity index (χ1) is 29.3. The molecule has 0 aromatic heterocycles. The first-order valence-electron chi connectivity index (χ1n) is 20.1. The van der Waals surface area contributed by atoms with Crippen molar-refractivity contribution >= 4 is 65.9 Å². The van der Waals surface area contributed by atoms with E-state index in [1.165, 1.54) is 29.2 Å². The standard InChI is InChI=1S/C41H56N8O12S/c1-3-22(2)34(48-37(56)29(18-23-8-5-4-6-9-23)45-35(54)26(42)20-32(43)51)40(59)49-17-7-10-31(49)39(58)47-30(21-62)38(57)46-28(19-24-11-13-25(50)14-12-24)36(55)44-27(41(60)61)15-16-33(52)53/h4-6,8-9,11-14,22,26-31,34,50,62H,3,7,10,15-21,42H2,1-2H3,(H2,43,51)(H,44,55)(H,45,54)(H,46,57)(H,47,58)(H,48,56)(H,52,53)(H,60,61)/t22-,26-,27-,28-,29-,30-,31-,34-/m0/s1. The van der Waals surface area contributed by atoms with E-state index in [0.29, 0.717) is 24.0 Å². The van der Waals surface area contributed by atoms with E-state index < -0.39 is 121 Å². The molecule has 3 rings (SSSR count). The number of aliphatic carboxylic acids is 2. The van der Waals surface area contributed by atoms with Crippen molar-refractivity contribution in [3.05, 3.63) is 65.7 Å². The van der Waals surface area contributed by atoms with Crippen LogP contribution in [0, 0.1) is 5.92 Å². The van der Waals surface area contributed by atoms with Crippen LogP contribution in [-0.2, 0) is 56.0 Å². The van der Waals surface area contributed by atoms with E-state index in [1.807, 2.05) is 0 Å². The maximum Gasteiger partial charge on any atom is 0.326 e. The van der Waals surface area contributed by atoms with Crippen molar-refractivity contribution < 1.29 is 58.5 Å². The molecule has 7 amide bonds. The SMILES string of the molecule is CC[C@H](C)[C@H](NC(=O)[C@H](Cc1ccccc1)NC(=O)[C@@H](N)CC(N)=O)C(=O)N1CCC[C@H]1C(=O)N[C@@H](CS)C(=O)N[C@@H](Cc1ccc(O)cc1)C(=O)N[C@@H](CCC(=O)O)C(=O)O. The van der Waals surface area contributed by atoms with E-state index in [1.54, 1.807) is 44.2 Å². The highest BCUT2D eigenvalue weighted by molar-refractivity contribution is 7.80. The Hall–Kier alpha value is -6.22. The van der Waals surface area contributed by atoms with Crippen LogP contribution in [0.4, 0.5) is 0 Å². The van der Waals surface area contributed by atoms with E-state index in [4.69, 9.17) is 16.6 Å². The maximum absolute atomic E-state index is 14.3. The molecule has 0 bridgehead atoms. The van der Waals surface area contributed by atoms with Crippen molar-refractivity contribution in [1.82, 2.24) is 31.5 Å². The number of benzene rings is 2. The zero-order chi connectivity index (χ0) is 46.1. The number of phenols is 1. The van der Waals surface area contributed by atoms with Crippen molar-refractivity contribution in [2.45, 2.75) is 108 Å². The number of hydrogen-bond acceptors (Lipinski definition) is 12. The van der Waals surface area contributed by atoms with Gasteiger partial charge in [0.05, 0.1) is 12.5 Å². The number of carboxylic acids is 2. The Morgan fingerprint density at radius 3 is 1.87 bits per heavy atom. The Labute approximate surface area is 363 Å². The van der Waals surface area contributed by atoms with E-state index in [2.05, 4.69) is 39.2 Å². The average molecular weight is 885 g/mol. The van der Waals surface area contributed by atoms with Gasteiger partial charge in [0.25, 0.3) is 0 Å². The lowest BCUT2D eigenvalue weighted by atomic mass is 9.96. The van der Waals surface area contributed by atoms with Gasteiger partial charge in [-0.3, -0.25) is 38.4 Å². The molecule has 0 unspecified atom stereocenters. The lowest BCUT2D eigenvalue weighted by molar-refractivity contribution is -0.143. The molecule has 20 nitrogen and oxygen atoms in total. The molecule has 2 aromatic rings. The van der Waals surface area contributed by atoms with Gasteiger partial charge in [-0.15, -0.1) is 0 Å². The van der Waals surface area contributed by atoms with Crippen LogP contribution in [0.15, 0.2) is 54.6 Å². The summed E-state index contributed by atoms with van der Waals surface area (Å²) in [5, 5.41) is 41.1. The predicted molar refractivity (Wildman–Crippen MR) is 226 cm³/mol. The van der Waals surface area contributed by atoms with Crippen LogP contribution in [0.1, 0.15) is 63.5 Å². The van der Waals surface area contributed by atoms with Crippen molar-refractivity contribution in [3.63, 3.8) is 0 Å². The summed E-state index contributed by atoms with van der Waals surface area (Å²) in [4.78, 5) is 118. The van der Waals surface area contributed by atoms with E-state index in [-0.39, 0.29) is 37.3 Å². The van der Waals surface area contributed by atoms with Crippen LogP contribution < -0.4 is 38.1 Å². The second-order valence-corrected chi connectivity index (χ2v) is 15.5. The topological polar surface area (TPSA) is 330 Å². The summed E-state index contributed by atoms with van der Waals surface area (Å²) < 4.78 is 0. The number of carbonyl (C=O) groups is 9. The molecule has 62 heavy (non-hydrogen) atoms. The number of nitrogens with two attached hydrogens (primary N) is 2. The summed E-state index contributed by atoms with van der Waals surface area (Å²) in [5.74, 6) is -9.09. The summed E-state index contributed by atoms with van der Waals surface area (Å²) >= 11 is 4.24. The molecular weight excluding hydrogens is 829 g/mol. The summed E-state index contributed by atoms with van der Waals surface area (Å²) in [6, 6.07) is 5.15. The molecule has 1 aliphatic rings. The van der Waals surface area contributed by atoms with Gasteiger partial charge >= 0.3 is 11.9 Å². The highest BCUT2D eigenvalue weighted by atomic mass is 32.1. The number of carboxylic acid groups (broad SMARTS) is 2. The first-order valence-corrected chi connectivity index (χ1v) is 20.7. The Morgan fingerprint density at radius 2 is 1.32 bits per heavy atom. The largest absolute Gasteiger partial charge is 0.508 e. The Kier molecular flexibility index (Phi) is 19.6. The Balaban J connectivity index is 1.80. The molecule has 1 fully saturated rings. The number of aromatic hydroxyl groups is 1. The van der Waals surface area contributed by atoms with E-state index >= 15 is 0 Å². The third kappa shape index (κ3) is 15.4. The second-order valence-electron chi connectivity index (χ2n) is 15.1. The molecule has 1 saturated heterocycles. The molecule has 338 valence electrons.